The molecule has 0 radical (unpaired) electrons. The summed E-state index contributed by atoms with van der Waals surface area (Å²) in [5, 5.41) is 0. The topological polar surface area (TPSA) is 84.2 Å². The molecule has 98 valence electrons. The maximum absolute atomic E-state index is 13.2. The van der Waals surface area contributed by atoms with Crippen molar-refractivity contribution in [3.05, 3.63) is 35.6 Å². The number of carbonyl (C=O) groups excluding carboxylic acids is 2. The van der Waals surface area contributed by atoms with Gasteiger partial charge in [0.2, 0.25) is 5.91 Å². The zero-order valence-electron chi connectivity index (χ0n) is 10.1. The molecule has 0 saturated heterocycles. The van der Waals surface area contributed by atoms with Gasteiger partial charge < -0.3 is 5.73 Å². The Hall–Kier alpha value is -1.95. The normalized spacial score (nSPS) is 11.7. The molecular formula is C12H16FN3O2. The van der Waals surface area contributed by atoms with Gasteiger partial charge in [0.05, 0.1) is 6.04 Å². The fourth-order valence-corrected chi connectivity index (χ4v) is 1.26. The van der Waals surface area contributed by atoms with Crippen LogP contribution in [0.25, 0.3) is 0 Å². The minimum atomic E-state index is -0.697. The molecule has 1 atom stereocenters. The van der Waals surface area contributed by atoms with Crippen LogP contribution in [0.5, 0.6) is 0 Å². The molecule has 1 unspecified atom stereocenters. The third-order valence-electron chi connectivity index (χ3n) is 2.32. The highest BCUT2D eigenvalue weighted by Crippen LogP contribution is 2.08. The van der Waals surface area contributed by atoms with E-state index in [4.69, 9.17) is 5.73 Å². The quantitative estimate of drug-likeness (QED) is 0.673. The predicted octanol–water partition coefficient (Wildman–Crippen LogP) is 0.253. The molecule has 0 heterocycles. The van der Waals surface area contributed by atoms with Crippen molar-refractivity contribution in [2.24, 2.45) is 5.73 Å². The average Bonchev–Trinajstić information content (AvgIpc) is 2.34. The number of benzene rings is 1. The second-order valence-corrected chi connectivity index (χ2v) is 3.92. The first-order chi connectivity index (χ1) is 8.50. The van der Waals surface area contributed by atoms with Crippen molar-refractivity contribution in [1.82, 2.24) is 10.9 Å². The summed E-state index contributed by atoms with van der Waals surface area (Å²) in [6.45, 7) is 1.50. The molecule has 0 aliphatic rings. The molecule has 1 rings (SSSR count). The van der Waals surface area contributed by atoms with Gasteiger partial charge in [0, 0.05) is 6.42 Å². The monoisotopic (exact) mass is 253 g/mol. The summed E-state index contributed by atoms with van der Waals surface area (Å²) in [7, 11) is 0. The first-order valence-electron chi connectivity index (χ1n) is 5.58. The lowest BCUT2D eigenvalue weighted by molar-refractivity contribution is -0.129. The summed E-state index contributed by atoms with van der Waals surface area (Å²) in [6.07, 6.45) is 0.354. The Morgan fingerprint density at radius 2 is 2.00 bits per heavy atom. The van der Waals surface area contributed by atoms with E-state index in [-0.39, 0.29) is 18.7 Å². The van der Waals surface area contributed by atoms with Crippen LogP contribution in [0.1, 0.15) is 18.9 Å². The van der Waals surface area contributed by atoms with Gasteiger partial charge in [0.25, 0.3) is 5.91 Å². The van der Waals surface area contributed by atoms with E-state index in [1.54, 1.807) is 18.2 Å². The van der Waals surface area contributed by atoms with Crippen LogP contribution in [0.2, 0.25) is 0 Å². The lowest BCUT2D eigenvalue weighted by Gasteiger charge is -2.09. The minimum absolute atomic E-state index is 0.0835. The minimum Gasteiger partial charge on any atom is -0.320 e. The second-order valence-electron chi connectivity index (χ2n) is 3.92. The molecule has 5 nitrogen and oxygen atoms in total. The van der Waals surface area contributed by atoms with Crippen molar-refractivity contribution in [2.75, 3.05) is 0 Å². The van der Waals surface area contributed by atoms with Crippen molar-refractivity contribution >= 4 is 11.8 Å². The Kier molecular flexibility index (Phi) is 5.26. The number of halogens is 1. The number of hydrazine groups is 1. The molecule has 0 aliphatic carbocycles. The van der Waals surface area contributed by atoms with E-state index < -0.39 is 17.9 Å². The summed E-state index contributed by atoms with van der Waals surface area (Å²) in [6, 6.07) is 5.54. The maximum atomic E-state index is 13.2. The Morgan fingerprint density at radius 3 is 2.61 bits per heavy atom. The molecule has 0 spiro atoms. The van der Waals surface area contributed by atoms with Crippen LogP contribution in [0.3, 0.4) is 0 Å². The van der Waals surface area contributed by atoms with Crippen LogP contribution in [0.15, 0.2) is 24.3 Å². The third kappa shape index (κ3) is 4.50. The Bertz CT molecular complexity index is 435. The number of carbonyl (C=O) groups is 2. The van der Waals surface area contributed by atoms with E-state index in [2.05, 4.69) is 10.9 Å². The highest BCUT2D eigenvalue weighted by Gasteiger charge is 2.09. The second kappa shape index (κ2) is 6.70. The molecule has 0 bridgehead atoms. The van der Waals surface area contributed by atoms with Crippen LogP contribution in [-0.4, -0.2) is 17.9 Å². The molecule has 0 fully saturated rings. The SMILES string of the molecule is CC(N)C(=O)NNC(=O)CCc1ccccc1F. The van der Waals surface area contributed by atoms with Crippen molar-refractivity contribution < 1.29 is 14.0 Å². The van der Waals surface area contributed by atoms with Gasteiger partial charge in [-0.2, -0.15) is 0 Å². The van der Waals surface area contributed by atoms with Gasteiger partial charge in [-0.05, 0) is 25.0 Å². The number of aryl methyl sites for hydroxylation is 1. The van der Waals surface area contributed by atoms with Gasteiger partial charge in [-0.3, -0.25) is 20.4 Å². The lowest BCUT2D eigenvalue weighted by atomic mass is 10.1. The van der Waals surface area contributed by atoms with Crippen molar-refractivity contribution in [1.29, 1.82) is 0 Å². The molecule has 1 aromatic rings. The number of amides is 2. The van der Waals surface area contributed by atoms with Gasteiger partial charge in [-0.1, -0.05) is 18.2 Å². The van der Waals surface area contributed by atoms with E-state index in [9.17, 15) is 14.0 Å². The van der Waals surface area contributed by atoms with E-state index >= 15 is 0 Å². The standard InChI is InChI=1S/C12H16FN3O2/c1-8(14)12(18)16-15-11(17)7-6-9-4-2-3-5-10(9)13/h2-5,8H,6-7,14H2,1H3,(H,15,17)(H,16,18). The Labute approximate surface area is 105 Å². The number of nitrogens with two attached hydrogens (primary N) is 1. The number of rotatable bonds is 4. The first kappa shape index (κ1) is 14.1. The molecule has 2 amide bonds. The predicted molar refractivity (Wildman–Crippen MR) is 64.7 cm³/mol. The van der Waals surface area contributed by atoms with Crippen LogP contribution < -0.4 is 16.6 Å². The molecule has 1 aromatic carbocycles. The van der Waals surface area contributed by atoms with Crippen LogP contribution in [0.4, 0.5) is 4.39 Å². The van der Waals surface area contributed by atoms with Crippen LogP contribution in [-0.2, 0) is 16.0 Å². The van der Waals surface area contributed by atoms with Gasteiger partial charge in [-0.25, -0.2) is 4.39 Å². The summed E-state index contributed by atoms with van der Waals surface area (Å²) in [5.41, 5.74) is 10.1. The number of hydrogen-bond donors (Lipinski definition) is 3. The smallest absolute Gasteiger partial charge is 0.254 e. The molecule has 0 aliphatic heterocycles. The Morgan fingerprint density at radius 1 is 1.33 bits per heavy atom. The van der Waals surface area contributed by atoms with Crippen LogP contribution >= 0.6 is 0 Å². The third-order valence-corrected chi connectivity index (χ3v) is 2.32. The summed E-state index contributed by atoms with van der Waals surface area (Å²) in [4.78, 5) is 22.4. The van der Waals surface area contributed by atoms with E-state index in [0.29, 0.717) is 5.56 Å². The van der Waals surface area contributed by atoms with E-state index in [0.717, 1.165) is 0 Å². The fraction of sp³-hybridized carbons (Fsp3) is 0.333. The van der Waals surface area contributed by atoms with Crippen LogP contribution in [0, 0.1) is 5.82 Å². The highest BCUT2D eigenvalue weighted by atomic mass is 19.1. The largest absolute Gasteiger partial charge is 0.320 e. The lowest BCUT2D eigenvalue weighted by Crippen LogP contribution is -2.48. The van der Waals surface area contributed by atoms with Gasteiger partial charge in [0.15, 0.2) is 0 Å². The molecule has 4 N–H and O–H groups in total. The molecule has 6 heteroatoms. The van der Waals surface area contributed by atoms with E-state index in [1.807, 2.05) is 0 Å². The van der Waals surface area contributed by atoms with Gasteiger partial charge >= 0.3 is 0 Å². The molecule has 0 saturated carbocycles. The number of hydrogen-bond acceptors (Lipinski definition) is 3. The highest BCUT2D eigenvalue weighted by molar-refractivity contribution is 5.84. The summed E-state index contributed by atoms with van der Waals surface area (Å²) < 4.78 is 13.2. The molecule has 0 aromatic heterocycles. The Balaban J connectivity index is 2.34. The number of nitrogens with one attached hydrogen (secondary N) is 2. The summed E-state index contributed by atoms with van der Waals surface area (Å²) in [5.74, 6) is -1.22. The fourth-order valence-electron chi connectivity index (χ4n) is 1.26. The van der Waals surface area contributed by atoms with E-state index in [1.165, 1.54) is 13.0 Å². The molecule has 18 heavy (non-hydrogen) atoms. The van der Waals surface area contributed by atoms with Crippen molar-refractivity contribution in [3.8, 4) is 0 Å². The van der Waals surface area contributed by atoms with Gasteiger partial charge in [-0.15, -0.1) is 0 Å². The molecular weight excluding hydrogens is 237 g/mol. The first-order valence-corrected chi connectivity index (χ1v) is 5.58. The zero-order valence-corrected chi connectivity index (χ0v) is 10.1. The zero-order chi connectivity index (χ0) is 13.5. The van der Waals surface area contributed by atoms with Gasteiger partial charge in [0.1, 0.15) is 5.82 Å². The average molecular weight is 253 g/mol. The maximum Gasteiger partial charge on any atom is 0.254 e. The summed E-state index contributed by atoms with van der Waals surface area (Å²) >= 11 is 0. The van der Waals surface area contributed by atoms with Crippen molar-refractivity contribution in [2.45, 2.75) is 25.8 Å². The van der Waals surface area contributed by atoms with Crippen molar-refractivity contribution in [3.63, 3.8) is 0 Å².